The molecular weight excluding hydrogens is 196 g/mol. The van der Waals surface area contributed by atoms with Crippen molar-refractivity contribution in [2.24, 2.45) is 5.92 Å². The standard InChI is InChI=1S/C11H16O2S/c12-10(13)11(7-4-8-14-11)9-5-2-1-3-6-9/h2,5,9H,1,3-4,6-8H2,(H,12,13). The van der Waals surface area contributed by atoms with Crippen LogP contribution in [0.1, 0.15) is 32.1 Å². The van der Waals surface area contributed by atoms with Crippen molar-refractivity contribution in [1.82, 2.24) is 0 Å². The first-order valence-corrected chi connectivity index (χ1v) is 6.28. The van der Waals surface area contributed by atoms with Gasteiger partial charge in [-0.25, -0.2) is 0 Å². The van der Waals surface area contributed by atoms with Crippen molar-refractivity contribution in [2.75, 3.05) is 5.75 Å². The Morgan fingerprint density at radius 1 is 1.50 bits per heavy atom. The molecular formula is C11H16O2S. The molecule has 14 heavy (non-hydrogen) atoms. The number of rotatable bonds is 2. The summed E-state index contributed by atoms with van der Waals surface area (Å²) in [7, 11) is 0. The SMILES string of the molecule is O=C(O)C1(C2C=CCCC2)CCCS1. The van der Waals surface area contributed by atoms with E-state index in [1.807, 2.05) is 0 Å². The van der Waals surface area contributed by atoms with Gasteiger partial charge in [0.1, 0.15) is 4.75 Å². The van der Waals surface area contributed by atoms with Crippen molar-refractivity contribution in [3.05, 3.63) is 12.2 Å². The van der Waals surface area contributed by atoms with Crippen molar-refractivity contribution < 1.29 is 9.90 Å². The summed E-state index contributed by atoms with van der Waals surface area (Å²) in [6, 6.07) is 0. The average Bonchev–Trinajstić information content (AvgIpc) is 2.69. The number of carboxylic acids is 1. The van der Waals surface area contributed by atoms with Gasteiger partial charge in [-0.1, -0.05) is 12.2 Å². The van der Waals surface area contributed by atoms with E-state index in [-0.39, 0.29) is 5.92 Å². The molecule has 0 radical (unpaired) electrons. The highest BCUT2D eigenvalue weighted by Gasteiger charge is 2.47. The summed E-state index contributed by atoms with van der Waals surface area (Å²) in [5.41, 5.74) is 0. The molecule has 2 unspecified atom stereocenters. The van der Waals surface area contributed by atoms with E-state index in [0.29, 0.717) is 0 Å². The number of allylic oxidation sites excluding steroid dienone is 2. The molecule has 1 saturated heterocycles. The van der Waals surface area contributed by atoms with Gasteiger partial charge in [0.05, 0.1) is 0 Å². The van der Waals surface area contributed by atoms with Crippen LogP contribution in [0.3, 0.4) is 0 Å². The van der Waals surface area contributed by atoms with Gasteiger partial charge in [-0.2, -0.15) is 0 Å². The number of thioether (sulfide) groups is 1. The van der Waals surface area contributed by atoms with E-state index in [4.69, 9.17) is 0 Å². The fourth-order valence-corrected chi connectivity index (χ4v) is 3.96. The molecule has 1 aliphatic heterocycles. The van der Waals surface area contributed by atoms with E-state index in [2.05, 4.69) is 12.2 Å². The monoisotopic (exact) mass is 212 g/mol. The largest absolute Gasteiger partial charge is 0.480 e. The van der Waals surface area contributed by atoms with Crippen LogP contribution in [0.4, 0.5) is 0 Å². The molecule has 0 saturated carbocycles. The minimum absolute atomic E-state index is 0.265. The van der Waals surface area contributed by atoms with Crippen LogP contribution < -0.4 is 0 Å². The van der Waals surface area contributed by atoms with Crippen molar-refractivity contribution in [3.63, 3.8) is 0 Å². The molecule has 2 nitrogen and oxygen atoms in total. The normalized spacial score (nSPS) is 37.3. The quantitative estimate of drug-likeness (QED) is 0.715. The second-order valence-corrected chi connectivity index (χ2v) is 5.54. The van der Waals surface area contributed by atoms with E-state index >= 15 is 0 Å². The van der Waals surface area contributed by atoms with Crippen LogP contribution >= 0.6 is 11.8 Å². The summed E-state index contributed by atoms with van der Waals surface area (Å²) in [6.45, 7) is 0. The molecule has 78 valence electrons. The Labute approximate surface area is 88.8 Å². The molecule has 2 rings (SSSR count). The van der Waals surface area contributed by atoms with Crippen LogP contribution in [0.15, 0.2) is 12.2 Å². The fourth-order valence-electron chi connectivity index (χ4n) is 2.48. The topological polar surface area (TPSA) is 37.3 Å². The first-order chi connectivity index (χ1) is 6.76. The molecule has 2 atom stereocenters. The van der Waals surface area contributed by atoms with Gasteiger partial charge in [-0.15, -0.1) is 11.8 Å². The Morgan fingerprint density at radius 3 is 2.86 bits per heavy atom. The maximum atomic E-state index is 11.4. The highest BCUT2D eigenvalue weighted by molar-refractivity contribution is 8.01. The number of aliphatic carboxylic acids is 1. The second kappa shape index (κ2) is 3.97. The fraction of sp³-hybridized carbons (Fsp3) is 0.727. The van der Waals surface area contributed by atoms with Gasteiger partial charge in [0, 0.05) is 5.92 Å². The van der Waals surface area contributed by atoms with Crippen LogP contribution in [0.2, 0.25) is 0 Å². The van der Waals surface area contributed by atoms with Gasteiger partial charge in [0.25, 0.3) is 0 Å². The Morgan fingerprint density at radius 2 is 2.36 bits per heavy atom. The average molecular weight is 212 g/mol. The smallest absolute Gasteiger partial charge is 0.320 e. The molecule has 1 fully saturated rings. The third kappa shape index (κ3) is 1.58. The summed E-state index contributed by atoms with van der Waals surface area (Å²) in [5, 5.41) is 9.36. The van der Waals surface area contributed by atoms with E-state index in [1.54, 1.807) is 11.8 Å². The summed E-state index contributed by atoms with van der Waals surface area (Å²) in [6.07, 6.45) is 9.51. The molecule has 3 heteroatoms. The van der Waals surface area contributed by atoms with Crippen molar-refractivity contribution >= 4 is 17.7 Å². The van der Waals surface area contributed by atoms with Crippen LogP contribution in [-0.4, -0.2) is 21.6 Å². The molecule has 0 bridgehead atoms. The summed E-state index contributed by atoms with van der Waals surface area (Å²) in [5.74, 6) is 0.675. The zero-order valence-electron chi connectivity index (χ0n) is 8.24. The van der Waals surface area contributed by atoms with Crippen molar-refractivity contribution in [2.45, 2.75) is 36.9 Å². The third-order valence-electron chi connectivity index (χ3n) is 3.27. The van der Waals surface area contributed by atoms with Gasteiger partial charge >= 0.3 is 5.97 Å². The Hall–Kier alpha value is -0.440. The van der Waals surface area contributed by atoms with E-state index in [9.17, 15) is 9.90 Å². The lowest BCUT2D eigenvalue weighted by molar-refractivity contribution is -0.141. The van der Waals surface area contributed by atoms with Gasteiger partial charge in [0.2, 0.25) is 0 Å². The molecule has 0 spiro atoms. The molecule has 0 aromatic carbocycles. The first-order valence-electron chi connectivity index (χ1n) is 5.30. The van der Waals surface area contributed by atoms with Gasteiger partial charge in [-0.05, 0) is 37.9 Å². The maximum Gasteiger partial charge on any atom is 0.320 e. The number of hydrogen-bond acceptors (Lipinski definition) is 2. The third-order valence-corrected chi connectivity index (χ3v) is 4.96. The van der Waals surface area contributed by atoms with Crippen molar-refractivity contribution in [1.29, 1.82) is 0 Å². The van der Waals surface area contributed by atoms with Gasteiger partial charge in [-0.3, -0.25) is 4.79 Å². The lowest BCUT2D eigenvalue weighted by Crippen LogP contribution is -2.40. The molecule has 0 amide bonds. The zero-order valence-corrected chi connectivity index (χ0v) is 9.05. The molecule has 0 aromatic heterocycles. The summed E-state index contributed by atoms with van der Waals surface area (Å²) in [4.78, 5) is 11.4. The van der Waals surface area contributed by atoms with Crippen LogP contribution in [-0.2, 0) is 4.79 Å². The number of carbonyl (C=O) groups is 1. The number of hydrogen-bond donors (Lipinski definition) is 1. The zero-order chi connectivity index (χ0) is 10.0. The summed E-state index contributed by atoms with van der Waals surface area (Å²) < 4.78 is -0.489. The minimum atomic E-state index is -0.600. The number of carboxylic acid groups (broad SMARTS) is 1. The van der Waals surface area contributed by atoms with Crippen LogP contribution in [0, 0.1) is 5.92 Å². The lowest BCUT2D eigenvalue weighted by Gasteiger charge is -2.32. The molecule has 2 aliphatic rings. The minimum Gasteiger partial charge on any atom is -0.480 e. The Bertz CT molecular complexity index is 254. The highest BCUT2D eigenvalue weighted by Crippen LogP contribution is 2.47. The molecule has 1 heterocycles. The van der Waals surface area contributed by atoms with Crippen LogP contribution in [0.5, 0.6) is 0 Å². The van der Waals surface area contributed by atoms with Crippen molar-refractivity contribution in [3.8, 4) is 0 Å². The van der Waals surface area contributed by atoms with Crippen LogP contribution in [0.25, 0.3) is 0 Å². The first kappa shape index (κ1) is 10.1. The summed E-state index contributed by atoms with van der Waals surface area (Å²) >= 11 is 1.65. The Kier molecular flexibility index (Phi) is 2.86. The predicted octanol–water partition coefficient (Wildman–Crippen LogP) is 2.69. The van der Waals surface area contributed by atoms with E-state index < -0.39 is 10.7 Å². The molecule has 1 aliphatic carbocycles. The molecule has 0 aromatic rings. The van der Waals surface area contributed by atoms with Gasteiger partial charge in [0.15, 0.2) is 0 Å². The van der Waals surface area contributed by atoms with Gasteiger partial charge < -0.3 is 5.11 Å². The maximum absolute atomic E-state index is 11.4. The Balaban J connectivity index is 2.21. The second-order valence-electron chi connectivity index (χ2n) is 4.11. The molecule has 1 N–H and O–H groups in total. The lowest BCUT2D eigenvalue weighted by atomic mass is 9.81. The predicted molar refractivity (Wildman–Crippen MR) is 58.5 cm³/mol. The highest BCUT2D eigenvalue weighted by atomic mass is 32.2. The van der Waals surface area contributed by atoms with E-state index in [1.165, 1.54) is 0 Å². The van der Waals surface area contributed by atoms with E-state index in [0.717, 1.165) is 37.9 Å².